The number of rotatable bonds is 4. The quantitative estimate of drug-likeness (QED) is 0.633. The fourth-order valence-corrected chi connectivity index (χ4v) is 1.77. The fraction of sp³-hybridized carbons (Fsp3) is 0.909. The number of amides is 1. The lowest BCUT2D eigenvalue weighted by atomic mass is 9.89. The molecular weight excluding hydrogens is 192 g/mol. The molecule has 15 heavy (non-hydrogen) atoms. The molecule has 88 valence electrons. The van der Waals surface area contributed by atoms with E-state index in [1.165, 1.54) is 0 Å². The Balaban J connectivity index is 2.28. The van der Waals surface area contributed by atoms with Crippen LogP contribution < -0.4 is 11.1 Å². The normalized spacial score (nSPS) is 27.7. The van der Waals surface area contributed by atoms with Gasteiger partial charge in [0.1, 0.15) is 0 Å². The zero-order valence-electron chi connectivity index (χ0n) is 9.62. The van der Waals surface area contributed by atoms with E-state index in [9.17, 15) is 9.90 Å². The van der Waals surface area contributed by atoms with Crippen LogP contribution in [0, 0.1) is 5.41 Å². The van der Waals surface area contributed by atoms with Gasteiger partial charge in [0.05, 0.1) is 11.5 Å². The summed E-state index contributed by atoms with van der Waals surface area (Å²) < 4.78 is 0. The molecule has 0 atom stereocenters. The van der Waals surface area contributed by atoms with Gasteiger partial charge in [0, 0.05) is 12.6 Å². The van der Waals surface area contributed by atoms with Crippen LogP contribution in [0.15, 0.2) is 0 Å². The van der Waals surface area contributed by atoms with Gasteiger partial charge in [-0.05, 0) is 39.5 Å². The standard InChI is InChI=1S/C11H22N2O2/c1-11(2,10(12)15)7-13-8-3-5-9(14)6-4-8/h8-9,13-14H,3-7H2,1-2H3,(H2,12,15). The number of aliphatic hydroxyl groups excluding tert-OH is 1. The molecule has 0 aromatic heterocycles. The van der Waals surface area contributed by atoms with Gasteiger partial charge in [-0.15, -0.1) is 0 Å². The Morgan fingerprint density at radius 2 is 1.93 bits per heavy atom. The van der Waals surface area contributed by atoms with Crippen LogP contribution >= 0.6 is 0 Å². The van der Waals surface area contributed by atoms with Crippen LogP contribution in [0.5, 0.6) is 0 Å². The minimum absolute atomic E-state index is 0.132. The van der Waals surface area contributed by atoms with E-state index in [0.717, 1.165) is 25.7 Å². The first-order chi connectivity index (χ1) is 6.92. The van der Waals surface area contributed by atoms with Crippen molar-refractivity contribution in [3.63, 3.8) is 0 Å². The van der Waals surface area contributed by atoms with Gasteiger partial charge in [-0.2, -0.15) is 0 Å². The van der Waals surface area contributed by atoms with Crippen LogP contribution in [0.2, 0.25) is 0 Å². The Morgan fingerprint density at radius 3 is 2.40 bits per heavy atom. The zero-order chi connectivity index (χ0) is 11.5. The van der Waals surface area contributed by atoms with Gasteiger partial charge in [-0.1, -0.05) is 0 Å². The molecule has 4 nitrogen and oxygen atoms in total. The van der Waals surface area contributed by atoms with Gasteiger partial charge in [0.2, 0.25) is 5.91 Å². The third-order valence-corrected chi connectivity index (χ3v) is 3.20. The van der Waals surface area contributed by atoms with E-state index in [-0.39, 0.29) is 12.0 Å². The molecule has 0 bridgehead atoms. The molecule has 0 heterocycles. The smallest absolute Gasteiger partial charge is 0.224 e. The number of hydrogen-bond acceptors (Lipinski definition) is 3. The van der Waals surface area contributed by atoms with E-state index in [0.29, 0.717) is 12.6 Å². The predicted octanol–water partition coefficient (Wildman–Crippen LogP) is 0.391. The molecule has 1 saturated carbocycles. The van der Waals surface area contributed by atoms with E-state index in [2.05, 4.69) is 5.32 Å². The van der Waals surface area contributed by atoms with Crippen LogP contribution in [0.25, 0.3) is 0 Å². The highest BCUT2D eigenvalue weighted by molar-refractivity contribution is 5.80. The molecule has 1 aliphatic rings. The van der Waals surface area contributed by atoms with Crippen molar-refractivity contribution in [1.82, 2.24) is 5.32 Å². The maximum atomic E-state index is 11.1. The highest BCUT2D eigenvalue weighted by Crippen LogP contribution is 2.20. The first-order valence-corrected chi connectivity index (χ1v) is 5.63. The Kier molecular flexibility index (Phi) is 4.11. The van der Waals surface area contributed by atoms with E-state index < -0.39 is 5.41 Å². The molecule has 1 rings (SSSR count). The van der Waals surface area contributed by atoms with Crippen LogP contribution in [0.4, 0.5) is 0 Å². The molecule has 1 aliphatic carbocycles. The van der Waals surface area contributed by atoms with Gasteiger partial charge in [-0.25, -0.2) is 0 Å². The number of hydrogen-bond donors (Lipinski definition) is 3. The van der Waals surface area contributed by atoms with Crippen LogP contribution in [0.3, 0.4) is 0 Å². The number of nitrogens with two attached hydrogens (primary N) is 1. The summed E-state index contributed by atoms with van der Waals surface area (Å²) in [6.45, 7) is 4.31. The van der Waals surface area contributed by atoms with Crippen molar-refractivity contribution in [2.45, 2.75) is 51.7 Å². The monoisotopic (exact) mass is 214 g/mol. The van der Waals surface area contributed by atoms with Crippen LogP contribution in [-0.2, 0) is 4.79 Å². The first-order valence-electron chi connectivity index (χ1n) is 5.63. The van der Waals surface area contributed by atoms with Crippen molar-refractivity contribution in [2.75, 3.05) is 6.54 Å². The average molecular weight is 214 g/mol. The fourth-order valence-electron chi connectivity index (χ4n) is 1.77. The summed E-state index contributed by atoms with van der Waals surface area (Å²) in [7, 11) is 0. The summed E-state index contributed by atoms with van der Waals surface area (Å²) in [5.74, 6) is -0.272. The molecular formula is C11H22N2O2. The van der Waals surface area contributed by atoms with E-state index in [4.69, 9.17) is 5.73 Å². The lowest BCUT2D eigenvalue weighted by Gasteiger charge is -2.29. The minimum atomic E-state index is -0.490. The molecule has 0 radical (unpaired) electrons. The van der Waals surface area contributed by atoms with Crippen molar-refractivity contribution in [3.8, 4) is 0 Å². The molecule has 4 heteroatoms. The maximum absolute atomic E-state index is 11.1. The molecule has 0 aliphatic heterocycles. The van der Waals surface area contributed by atoms with Crippen molar-refractivity contribution in [2.24, 2.45) is 11.1 Å². The summed E-state index contributed by atoms with van der Waals surface area (Å²) >= 11 is 0. The number of carbonyl (C=O) groups excluding carboxylic acids is 1. The van der Waals surface area contributed by atoms with E-state index in [1.54, 1.807) is 0 Å². The Hall–Kier alpha value is -0.610. The second kappa shape index (κ2) is 4.94. The molecule has 0 unspecified atom stereocenters. The van der Waals surface area contributed by atoms with Gasteiger partial charge in [-0.3, -0.25) is 4.79 Å². The molecule has 4 N–H and O–H groups in total. The Morgan fingerprint density at radius 1 is 1.40 bits per heavy atom. The Labute approximate surface area is 91.2 Å². The van der Waals surface area contributed by atoms with Gasteiger partial charge in [0.15, 0.2) is 0 Å². The number of aliphatic hydroxyl groups is 1. The highest BCUT2D eigenvalue weighted by atomic mass is 16.3. The van der Waals surface area contributed by atoms with Crippen molar-refractivity contribution in [3.05, 3.63) is 0 Å². The first kappa shape index (κ1) is 12.5. The summed E-state index contributed by atoms with van der Waals surface area (Å²) in [5, 5.41) is 12.7. The maximum Gasteiger partial charge on any atom is 0.224 e. The Bertz CT molecular complexity index is 221. The average Bonchev–Trinajstić information content (AvgIpc) is 2.17. The number of carbonyl (C=O) groups is 1. The SMILES string of the molecule is CC(C)(CNC1CCC(O)CC1)C(N)=O. The topological polar surface area (TPSA) is 75.3 Å². The van der Waals surface area contributed by atoms with Crippen LogP contribution in [0.1, 0.15) is 39.5 Å². The summed E-state index contributed by atoms with van der Waals surface area (Å²) in [5.41, 5.74) is 4.80. The van der Waals surface area contributed by atoms with Crippen LogP contribution in [-0.4, -0.2) is 29.7 Å². The predicted molar refractivity (Wildman–Crippen MR) is 59.2 cm³/mol. The second-order valence-corrected chi connectivity index (χ2v) is 5.13. The summed E-state index contributed by atoms with van der Waals surface area (Å²) in [6, 6.07) is 0.423. The molecule has 0 aromatic carbocycles. The van der Waals surface area contributed by atoms with E-state index in [1.807, 2.05) is 13.8 Å². The summed E-state index contributed by atoms with van der Waals surface area (Å²) in [4.78, 5) is 11.1. The minimum Gasteiger partial charge on any atom is -0.393 e. The van der Waals surface area contributed by atoms with Gasteiger partial charge in [0.25, 0.3) is 0 Å². The molecule has 0 saturated heterocycles. The highest BCUT2D eigenvalue weighted by Gasteiger charge is 2.27. The van der Waals surface area contributed by atoms with Crippen molar-refractivity contribution >= 4 is 5.91 Å². The molecule has 0 spiro atoms. The van der Waals surface area contributed by atoms with Crippen molar-refractivity contribution in [1.29, 1.82) is 0 Å². The third kappa shape index (κ3) is 3.80. The molecule has 1 amide bonds. The van der Waals surface area contributed by atoms with Crippen molar-refractivity contribution < 1.29 is 9.90 Å². The molecule has 1 fully saturated rings. The second-order valence-electron chi connectivity index (χ2n) is 5.13. The third-order valence-electron chi connectivity index (χ3n) is 3.20. The van der Waals surface area contributed by atoms with E-state index >= 15 is 0 Å². The number of primary amides is 1. The lowest BCUT2D eigenvalue weighted by molar-refractivity contribution is -0.125. The summed E-state index contributed by atoms with van der Waals surface area (Å²) in [6.07, 6.45) is 3.54. The zero-order valence-corrected chi connectivity index (χ0v) is 9.62. The lowest BCUT2D eigenvalue weighted by Crippen LogP contribution is -2.45. The molecule has 0 aromatic rings. The number of nitrogens with one attached hydrogen (secondary N) is 1. The largest absolute Gasteiger partial charge is 0.393 e. The van der Waals surface area contributed by atoms with Gasteiger partial charge >= 0.3 is 0 Å². The van der Waals surface area contributed by atoms with Gasteiger partial charge < -0.3 is 16.2 Å².